The van der Waals surface area contributed by atoms with E-state index in [0.29, 0.717) is 23.2 Å². The molecule has 0 radical (unpaired) electrons. The topological polar surface area (TPSA) is 85.7 Å². The van der Waals surface area contributed by atoms with Gasteiger partial charge in [-0.2, -0.15) is 0 Å². The van der Waals surface area contributed by atoms with Gasteiger partial charge >= 0.3 is 0 Å². The average Bonchev–Trinajstić information content (AvgIpc) is 3.71. The molecule has 0 amide bonds. The number of pyridine rings is 1. The zero-order valence-corrected chi connectivity index (χ0v) is 21.0. The second kappa shape index (κ2) is 9.76. The van der Waals surface area contributed by atoms with Crippen LogP contribution in [0.3, 0.4) is 0 Å². The summed E-state index contributed by atoms with van der Waals surface area (Å²) in [6.45, 7) is -0.309. The highest BCUT2D eigenvalue weighted by molar-refractivity contribution is 6.32. The lowest BCUT2D eigenvalue weighted by Gasteiger charge is -2.34. The monoisotopic (exact) mass is 493 g/mol. The van der Waals surface area contributed by atoms with Crippen molar-refractivity contribution in [3.63, 3.8) is 0 Å². The molecule has 2 aliphatic rings. The molecule has 0 saturated heterocycles. The number of carbonyl (C=O) groups is 1. The van der Waals surface area contributed by atoms with Gasteiger partial charge in [0.05, 0.1) is 28.4 Å². The minimum atomic E-state index is -0.309. The van der Waals surface area contributed by atoms with E-state index in [0.717, 1.165) is 66.2 Å². The molecule has 0 unspecified atom stereocenters. The quantitative estimate of drug-likeness (QED) is 0.370. The minimum absolute atomic E-state index is 0.102. The van der Waals surface area contributed by atoms with Crippen molar-refractivity contribution in [3.05, 3.63) is 52.7 Å². The summed E-state index contributed by atoms with van der Waals surface area (Å²) < 4.78 is 0. The molecule has 2 aromatic carbocycles. The number of fused-ring (bicyclic) bond motifs is 1. The maximum absolute atomic E-state index is 13.2. The molecular formula is C28H32ClN3O3. The van der Waals surface area contributed by atoms with E-state index in [1.165, 1.54) is 0 Å². The van der Waals surface area contributed by atoms with Crippen LogP contribution < -0.4 is 5.32 Å². The molecule has 2 fully saturated rings. The maximum Gasteiger partial charge on any atom is 0.169 e. The summed E-state index contributed by atoms with van der Waals surface area (Å²) >= 11 is 6.23. The van der Waals surface area contributed by atoms with E-state index in [1.807, 2.05) is 18.2 Å². The van der Waals surface area contributed by atoms with E-state index in [-0.39, 0.29) is 29.1 Å². The Hall–Kier alpha value is -2.67. The number of aliphatic hydroxyl groups excluding tert-OH is 1. The largest absolute Gasteiger partial charge is 0.506 e. The molecule has 5 rings (SSSR count). The second-order valence-corrected chi connectivity index (χ2v) is 10.6. The number of anilines is 1. The lowest BCUT2D eigenvalue weighted by atomic mass is 9.89. The van der Waals surface area contributed by atoms with Gasteiger partial charge in [-0.1, -0.05) is 17.7 Å². The van der Waals surface area contributed by atoms with Gasteiger partial charge in [0.2, 0.25) is 0 Å². The van der Waals surface area contributed by atoms with Crippen molar-refractivity contribution in [1.82, 2.24) is 9.88 Å². The number of hydrogen-bond donors (Lipinski definition) is 3. The molecule has 184 valence electrons. The van der Waals surface area contributed by atoms with Crippen LogP contribution in [-0.2, 0) is 6.61 Å². The fraction of sp³-hybridized carbons (Fsp3) is 0.429. The molecule has 0 bridgehead atoms. The predicted molar refractivity (Wildman–Crippen MR) is 140 cm³/mol. The number of Topliss-reactive ketones (excluding diaryl/α,β-unsaturated/α-hetero) is 1. The summed E-state index contributed by atoms with van der Waals surface area (Å²) in [5.74, 6) is 0.170. The molecule has 1 aromatic heterocycles. The fourth-order valence-corrected chi connectivity index (χ4v) is 5.40. The number of nitrogens with one attached hydrogen (secondary N) is 1. The Morgan fingerprint density at radius 3 is 2.49 bits per heavy atom. The number of halogens is 1. The molecule has 1 heterocycles. The van der Waals surface area contributed by atoms with Gasteiger partial charge in [-0.05, 0) is 88.0 Å². The van der Waals surface area contributed by atoms with Crippen LogP contribution in [0.2, 0.25) is 5.02 Å². The zero-order valence-electron chi connectivity index (χ0n) is 20.2. The summed E-state index contributed by atoms with van der Waals surface area (Å²) in [4.78, 5) is 20.1. The Labute approximate surface area is 210 Å². The summed E-state index contributed by atoms with van der Waals surface area (Å²) in [5.41, 5.74) is 4.40. The van der Waals surface area contributed by atoms with E-state index in [4.69, 9.17) is 11.6 Å². The third-order valence-electron chi connectivity index (χ3n) is 7.50. The van der Waals surface area contributed by atoms with Crippen molar-refractivity contribution in [2.24, 2.45) is 5.92 Å². The van der Waals surface area contributed by atoms with Crippen LogP contribution in [0.1, 0.15) is 54.4 Å². The van der Waals surface area contributed by atoms with E-state index in [2.05, 4.69) is 29.3 Å². The van der Waals surface area contributed by atoms with Crippen LogP contribution in [0.15, 0.2) is 36.5 Å². The molecule has 0 atom stereocenters. The van der Waals surface area contributed by atoms with E-state index >= 15 is 0 Å². The third kappa shape index (κ3) is 4.88. The first-order chi connectivity index (χ1) is 16.9. The van der Waals surface area contributed by atoms with Gasteiger partial charge in [-0.15, -0.1) is 0 Å². The van der Waals surface area contributed by atoms with Crippen LogP contribution in [0, 0.1) is 5.92 Å². The zero-order chi connectivity index (χ0) is 24.7. The number of aromatic hydroxyl groups is 1. The molecule has 3 N–H and O–H groups in total. The number of phenols is 1. The van der Waals surface area contributed by atoms with Crippen LogP contribution in [0.25, 0.3) is 22.0 Å². The summed E-state index contributed by atoms with van der Waals surface area (Å²) in [6, 6.07) is 10.3. The molecule has 35 heavy (non-hydrogen) atoms. The van der Waals surface area contributed by atoms with Gasteiger partial charge in [0.25, 0.3) is 0 Å². The Kier molecular flexibility index (Phi) is 6.71. The SMILES string of the molecule is CN(C)C1CCC(Nc2c(C(=O)C3CC3)cnc3ccc(-c4cc(Cl)c(O)c(CO)c4)cc23)CC1. The summed E-state index contributed by atoms with van der Waals surface area (Å²) in [5, 5.41) is 24.6. The van der Waals surface area contributed by atoms with Crippen molar-refractivity contribution in [3.8, 4) is 16.9 Å². The second-order valence-electron chi connectivity index (χ2n) is 10.2. The smallest absolute Gasteiger partial charge is 0.169 e. The van der Waals surface area contributed by atoms with Gasteiger partial charge in [-0.25, -0.2) is 0 Å². The molecule has 3 aromatic rings. The highest BCUT2D eigenvalue weighted by Gasteiger charge is 2.33. The molecule has 7 heteroatoms. The fourth-order valence-electron chi connectivity index (χ4n) is 5.16. The van der Waals surface area contributed by atoms with Crippen LogP contribution in [0.4, 0.5) is 5.69 Å². The maximum atomic E-state index is 13.2. The number of nitrogens with zero attached hydrogens (tertiary/aromatic N) is 2. The lowest BCUT2D eigenvalue weighted by molar-refractivity contribution is 0.0968. The first kappa shape index (κ1) is 24.0. The highest BCUT2D eigenvalue weighted by atomic mass is 35.5. The Balaban J connectivity index is 1.57. The molecule has 6 nitrogen and oxygen atoms in total. The average molecular weight is 494 g/mol. The number of aliphatic hydroxyl groups is 1. The highest BCUT2D eigenvalue weighted by Crippen LogP contribution is 2.40. The normalized spacial score (nSPS) is 20.4. The van der Waals surface area contributed by atoms with Gasteiger partial charge in [0.1, 0.15) is 5.75 Å². The third-order valence-corrected chi connectivity index (χ3v) is 7.79. The van der Waals surface area contributed by atoms with E-state index in [9.17, 15) is 15.0 Å². The van der Waals surface area contributed by atoms with Crippen LogP contribution >= 0.6 is 11.6 Å². The van der Waals surface area contributed by atoms with Crippen molar-refractivity contribution in [2.75, 3.05) is 19.4 Å². The number of ketones is 1. The van der Waals surface area contributed by atoms with Gasteiger partial charge in [-0.3, -0.25) is 9.78 Å². The van der Waals surface area contributed by atoms with Crippen molar-refractivity contribution in [1.29, 1.82) is 0 Å². The summed E-state index contributed by atoms with van der Waals surface area (Å²) in [7, 11) is 4.28. The van der Waals surface area contributed by atoms with E-state index in [1.54, 1.807) is 18.3 Å². The molecule has 2 aliphatic carbocycles. The Morgan fingerprint density at radius 2 is 1.83 bits per heavy atom. The number of benzene rings is 2. The summed E-state index contributed by atoms with van der Waals surface area (Å²) in [6.07, 6.45) is 7.98. The first-order valence-electron chi connectivity index (χ1n) is 12.4. The van der Waals surface area contributed by atoms with Gasteiger partial charge < -0.3 is 20.4 Å². The van der Waals surface area contributed by atoms with Crippen molar-refractivity contribution in [2.45, 2.75) is 57.2 Å². The molecular weight excluding hydrogens is 462 g/mol. The Morgan fingerprint density at radius 1 is 1.09 bits per heavy atom. The lowest BCUT2D eigenvalue weighted by Crippen LogP contribution is -2.36. The van der Waals surface area contributed by atoms with Crippen molar-refractivity contribution < 1.29 is 15.0 Å². The van der Waals surface area contributed by atoms with E-state index < -0.39 is 0 Å². The molecule has 0 aliphatic heterocycles. The standard InChI is InChI=1S/C28H32ClN3O3/c1-32(2)21-8-6-20(7-9-21)31-26-22-12-17(18-11-19(15-33)28(35)24(29)13-18)5-10-25(22)30-14-23(26)27(34)16-3-4-16/h5,10-14,16,20-21,33,35H,3-4,6-9,15H2,1-2H3,(H,30,31). The number of carbonyl (C=O) groups excluding carboxylic acids is 1. The minimum Gasteiger partial charge on any atom is -0.506 e. The van der Waals surface area contributed by atoms with Crippen molar-refractivity contribution >= 4 is 34.0 Å². The van der Waals surface area contributed by atoms with Crippen LogP contribution in [-0.4, -0.2) is 52.1 Å². The molecule has 2 saturated carbocycles. The van der Waals surface area contributed by atoms with Crippen LogP contribution in [0.5, 0.6) is 5.75 Å². The predicted octanol–water partition coefficient (Wildman–Crippen LogP) is 5.63. The van der Waals surface area contributed by atoms with Gasteiger partial charge in [0.15, 0.2) is 5.78 Å². The number of rotatable bonds is 7. The van der Waals surface area contributed by atoms with Gasteiger partial charge in [0, 0.05) is 35.1 Å². The number of aromatic nitrogens is 1. The number of hydrogen-bond acceptors (Lipinski definition) is 6. The first-order valence-corrected chi connectivity index (χ1v) is 12.8. The Bertz CT molecular complexity index is 1260. The molecule has 0 spiro atoms.